The highest BCUT2D eigenvalue weighted by Gasteiger charge is 2.46. The van der Waals surface area contributed by atoms with Crippen LogP contribution in [0.2, 0.25) is 0 Å². The van der Waals surface area contributed by atoms with Crippen LogP contribution in [0.5, 0.6) is 0 Å². The molecular weight excluding hydrogens is 342 g/mol. The summed E-state index contributed by atoms with van der Waals surface area (Å²) in [5, 5.41) is 3.35. The molecule has 94 valence electrons. The van der Waals surface area contributed by atoms with Gasteiger partial charge in [-0.3, -0.25) is 9.59 Å². The number of carbonyl (C=O) groups is 2. The van der Waals surface area contributed by atoms with Gasteiger partial charge in [0.15, 0.2) is 5.78 Å². The Morgan fingerprint density at radius 1 is 1.38 bits per heavy atom. The van der Waals surface area contributed by atoms with Gasteiger partial charge in [-0.2, -0.15) is 0 Å². The molecule has 0 bridgehead atoms. The number of alkyl halides is 1. The van der Waals surface area contributed by atoms with Gasteiger partial charge >= 0.3 is 5.97 Å². The molecule has 4 nitrogen and oxygen atoms in total. The zero-order valence-corrected chi connectivity index (χ0v) is 12.6. The summed E-state index contributed by atoms with van der Waals surface area (Å²) >= 11 is 3.13. The number of halogens is 2. The first kappa shape index (κ1) is 16.1. The Balaban J connectivity index is 0.00000225. The van der Waals surface area contributed by atoms with E-state index in [2.05, 4.69) is 21.2 Å². The summed E-state index contributed by atoms with van der Waals surface area (Å²) in [4.78, 5) is 23.7. The van der Waals surface area contributed by atoms with Gasteiger partial charge in [0.2, 0.25) is 0 Å². The van der Waals surface area contributed by atoms with Gasteiger partial charge in [0.05, 0.1) is 11.9 Å². The number of piperidine rings is 1. The van der Waals surface area contributed by atoms with Gasteiger partial charge in [0.25, 0.3) is 0 Å². The van der Waals surface area contributed by atoms with Crippen LogP contribution in [-0.4, -0.2) is 36.8 Å². The van der Waals surface area contributed by atoms with Crippen LogP contribution in [0, 0.1) is 5.41 Å². The minimum absolute atomic E-state index is 0. The van der Waals surface area contributed by atoms with Crippen LogP contribution >= 0.6 is 32.9 Å². The molecule has 0 spiro atoms. The second-order valence-electron chi connectivity index (χ2n) is 3.61. The fraction of sp³-hybridized carbons (Fsp3) is 0.800. The monoisotopic (exact) mass is 357 g/mol. The molecule has 1 N–H and O–H groups in total. The quantitative estimate of drug-likeness (QED) is 0.469. The zero-order chi connectivity index (χ0) is 11.3. The molecule has 0 unspecified atom stereocenters. The molecule has 0 atom stereocenters. The van der Waals surface area contributed by atoms with Gasteiger partial charge in [-0.1, -0.05) is 15.9 Å². The summed E-state index contributed by atoms with van der Waals surface area (Å²) in [6, 6.07) is 0. The predicted molar refractivity (Wildman–Crippen MR) is 70.3 cm³/mol. The van der Waals surface area contributed by atoms with Gasteiger partial charge < -0.3 is 10.1 Å². The molecule has 0 aromatic heterocycles. The van der Waals surface area contributed by atoms with Crippen LogP contribution in [-0.2, 0) is 14.3 Å². The standard InChI is InChI=1S/C10H16BrNO3.BrH/c1-2-15-9(14)10(8(13)7-11)3-5-12-6-4-10;/h12H,2-7H2,1H3;1H. The highest BCUT2D eigenvalue weighted by Crippen LogP contribution is 2.32. The molecule has 1 aliphatic rings. The maximum Gasteiger partial charge on any atom is 0.319 e. The molecule has 1 fully saturated rings. The van der Waals surface area contributed by atoms with Crippen molar-refractivity contribution in [2.75, 3.05) is 25.0 Å². The van der Waals surface area contributed by atoms with Crippen molar-refractivity contribution in [3.63, 3.8) is 0 Å². The number of carbonyl (C=O) groups excluding carboxylic acids is 2. The predicted octanol–water partition coefficient (Wildman–Crippen LogP) is 1.46. The molecule has 6 heteroatoms. The van der Waals surface area contributed by atoms with Crippen LogP contribution in [0.25, 0.3) is 0 Å². The third-order valence-corrected chi connectivity index (χ3v) is 3.29. The molecule has 1 heterocycles. The van der Waals surface area contributed by atoms with Crippen LogP contribution < -0.4 is 5.32 Å². The largest absolute Gasteiger partial charge is 0.465 e. The third kappa shape index (κ3) is 3.28. The molecule has 16 heavy (non-hydrogen) atoms. The number of hydrogen-bond acceptors (Lipinski definition) is 4. The molecule has 1 saturated heterocycles. The molecule has 0 aromatic carbocycles. The third-order valence-electron chi connectivity index (χ3n) is 2.78. The second kappa shape index (κ2) is 7.40. The average molecular weight is 359 g/mol. The van der Waals surface area contributed by atoms with Gasteiger partial charge in [0.1, 0.15) is 5.41 Å². The van der Waals surface area contributed by atoms with Crippen LogP contribution in [0.3, 0.4) is 0 Å². The van der Waals surface area contributed by atoms with Crippen molar-refractivity contribution in [3.05, 3.63) is 0 Å². The highest BCUT2D eigenvalue weighted by molar-refractivity contribution is 9.09. The Labute approximate surface area is 114 Å². The minimum Gasteiger partial charge on any atom is -0.465 e. The van der Waals surface area contributed by atoms with Crippen LogP contribution in [0.1, 0.15) is 19.8 Å². The fourth-order valence-corrected chi connectivity index (χ4v) is 2.38. The summed E-state index contributed by atoms with van der Waals surface area (Å²) < 4.78 is 5.00. The van der Waals surface area contributed by atoms with E-state index < -0.39 is 5.41 Å². The van der Waals surface area contributed by atoms with Crippen molar-refractivity contribution in [3.8, 4) is 0 Å². The van der Waals surface area contributed by atoms with E-state index in [9.17, 15) is 9.59 Å². The normalized spacial score (nSPS) is 18.4. The van der Waals surface area contributed by atoms with Crippen molar-refractivity contribution in [2.45, 2.75) is 19.8 Å². The first-order valence-corrected chi connectivity index (χ1v) is 6.26. The first-order chi connectivity index (χ1) is 7.17. The van der Waals surface area contributed by atoms with Crippen molar-refractivity contribution < 1.29 is 14.3 Å². The summed E-state index contributed by atoms with van der Waals surface area (Å²) in [5.74, 6) is -0.432. The summed E-state index contributed by atoms with van der Waals surface area (Å²) in [6.07, 6.45) is 1.08. The lowest BCUT2D eigenvalue weighted by Crippen LogP contribution is -2.48. The van der Waals surface area contributed by atoms with E-state index in [1.165, 1.54) is 0 Å². The van der Waals surface area contributed by atoms with E-state index in [-0.39, 0.29) is 34.1 Å². The van der Waals surface area contributed by atoms with Crippen molar-refractivity contribution in [2.24, 2.45) is 5.41 Å². The maximum atomic E-state index is 11.8. The lowest BCUT2D eigenvalue weighted by atomic mass is 9.76. The molecule has 0 aliphatic carbocycles. The lowest BCUT2D eigenvalue weighted by molar-refractivity contribution is -0.161. The van der Waals surface area contributed by atoms with Gasteiger partial charge in [0, 0.05) is 0 Å². The van der Waals surface area contributed by atoms with Crippen LogP contribution in [0.4, 0.5) is 0 Å². The smallest absolute Gasteiger partial charge is 0.319 e. The Bertz CT molecular complexity index is 252. The maximum absolute atomic E-state index is 11.8. The fourth-order valence-electron chi connectivity index (χ4n) is 1.85. The number of esters is 1. The van der Waals surface area contributed by atoms with Gasteiger partial charge in [-0.15, -0.1) is 17.0 Å². The lowest BCUT2D eigenvalue weighted by Gasteiger charge is -2.33. The number of nitrogens with one attached hydrogen (secondary N) is 1. The van der Waals surface area contributed by atoms with Crippen LogP contribution in [0.15, 0.2) is 0 Å². The summed E-state index contributed by atoms with van der Waals surface area (Å²) in [5.41, 5.74) is -0.912. The number of Topliss-reactive ketones (excluding diaryl/α,β-unsaturated/α-hetero) is 1. The van der Waals surface area contributed by atoms with E-state index in [1.54, 1.807) is 6.92 Å². The zero-order valence-electron chi connectivity index (χ0n) is 9.25. The van der Waals surface area contributed by atoms with E-state index in [0.29, 0.717) is 32.5 Å². The molecule has 1 rings (SSSR count). The molecule has 0 radical (unpaired) electrons. The molecular formula is C10H17Br2NO3. The number of ketones is 1. The number of ether oxygens (including phenoxy) is 1. The van der Waals surface area contributed by atoms with Gasteiger partial charge in [-0.25, -0.2) is 0 Å². The highest BCUT2D eigenvalue weighted by atomic mass is 79.9. The van der Waals surface area contributed by atoms with E-state index in [1.807, 2.05) is 0 Å². The Morgan fingerprint density at radius 3 is 2.38 bits per heavy atom. The van der Waals surface area contributed by atoms with Gasteiger partial charge in [-0.05, 0) is 32.9 Å². The number of rotatable bonds is 4. The first-order valence-electron chi connectivity index (χ1n) is 5.14. The second-order valence-corrected chi connectivity index (χ2v) is 4.17. The molecule has 0 amide bonds. The Morgan fingerprint density at radius 2 is 1.94 bits per heavy atom. The Kier molecular flexibility index (Phi) is 7.43. The SMILES string of the molecule is Br.CCOC(=O)C1(C(=O)CBr)CCNCC1. The van der Waals surface area contributed by atoms with Crippen molar-refractivity contribution in [1.82, 2.24) is 5.32 Å². The minimum atomic E-state index is -0.912. The number of hydrogen-bond donors (Lipinski definition) is 1. The molecule has 0 aromatic rings. The summed E-state index contributed by atoms with van der Waals surface area (Å²) in [6.45, 7) is 3.46. The topological polar surface area (TPSA) is 55.4 Å². The average Bonchev–Trinajstić information content (AvgIpc) is 2.29. The van der Waals surface area contributed by atoms with E-state index in [4.69, 9.17) is 4.74 Å². The Hall–Kier alpha value is 0.0600. The molecule has 0 saturated carbocycles. The van der Waals surface area contributed by atoms with Crippen molar-refractivity contribution >= 4 is 44.7 Å². The molecule has 1 aliphatic heterocycles. The van der Waals surface area contributed by atoms with E-state index in [0.717, 1.165) is 0 Å². The van der Waals surface area contributed by atoms with Crippen molar-refractivity contribution in [1.29, 1.82) is 0 Å². The van der Waals surface area contributed by atoms with E-state index >= 15 is 0 Å². The summed E-state index contributed by atoms with van der Waals surface area (Å²) in [7, 11) is 0.